The summed E-state index contributed by atoms with van der Waals surface area (Å²) in [5.41, 5.74) is 0.520. The smallest absolute Gasteiger partial charge is 0.307 e. The van der Waals surface area contributed by atoms with Gasteiger partial charge in [0.05, 0.1) is 10.6 Å². The molecule has 0 heterocycles. The van der Waals surface area contributed by atoms with E-state index in [9.17, 15) is 14.9 Å². The van der Waals surface area contributed by atoms with Gasteiger partial charge in [0.2, 0.25) is 0 Å². The third-order valence-corrected chi connectivity index (χ3v) is 3.26. The first-order chi connectivity index (χ1) is 9.97. The third-order valence-electron chi connectivity index (χ3n) is 2.55. The highest BCUT2D eigenvalue weighted by Crippen LogP contribution is 2.27. The van der Waals surface area contributed by atoms with Crippen LogP contribution in [0, 0.1) is 10.1 Å². The van der Waals surface area contributed by atoms with Crippen LogP contribution in [0.2, 0.25) is 5.02 Å². The molecule has 108 valence electrons. The zero-order valence-corrected chi connectivity index (χ0v) is 12.2. The fourth-order valence-corrected chi connectivity index (χ4v) is 2.00. The second-order valence-electron chi connectivity index (χ2n) is 4.02. The minimum absolute atomic E-state index is 0.00617. The number of rotatable bonds is 3. The summed E-state index contributed by atoms with van der Waals surface area (Å²) in [6.45, 7) is 0. The summed E-state index contributed by atoms with van der Waals surface area (Å²) in [5.74, 6) is 0. The van der Waals surface area contributed by atoms with Gasteiger partial charge >= 0.3 is 6.03 Å². The molecule has 0 atom stereocenters. The van der Waals surface area contributed by atoms with Crippen molar-refractivity contribution < 1.29 is 9.72 Å². The highest BCUT2D eigenvalue weighted by Gasteiger charge is 2.14. The van der Waals surface area contributed by atoms with Crippen LogP contribution in [0.4, 0.5) is 21.9 Å². The highest BCUT2D eigenvalue weighted by molar-refractivity contribution is 7.80. The van der Waals surface area contributed by atoms with Crippen LogP contribution in [0.5, 0.6) is 0 Å². The van der Waals surface area contributed by atoms with Crippen LogP contribution in [0.25, 0.3) is 0 Å². The minimum Gasteiger partial charge on any atom is -0.307 e. The largest absolute Gasteiger partial charge is 0.323 e. The van der Waals surface area contributed by atoms with E-state index in [2.05, 4.69) is 23.3 Å². The second kappa shape index (κ2) is 6.47. The van der Waals surface area contributed by atoms with Crippen LogP contribution >= 0.6 is 24.2 Å². The van der Waals surface area contributed by atoms with Crippen LogP contribution in [-0.4, -0.2) is 11.0 Å². The van der Waals surface area contributed by atoms with E-state index in [1.807, 2.05) is 0 Å². The number of hydrogen-bond donors (Lipinski definition) is 3. The first-order valence-corrected chi connectivity index (χ1v) is 6.60. The molecule has 0 aliphatic rings. The van der Waals surface area contributed by atoms with Gasteiger partial charge in [-0.05, 0) is 24.3 Å². The van der Waals surface area contributed by atoms with Gasteiger partial charge in [0.1, 0.15) is 5.02 Å². The quantitative estimate of drug-likeness (QED) is 0.450. The molecule has 2 rings (SSSR count). The number of halogens is 1. The number of para-hydroxylation sites is 1. The molecule has 0 aliphatic carbocycles. The summed E-state index contributed by atoms with van der Waals surface area (Å²) in [6, 6.07) is 10.4. The molecule has 6 nitrogen and oxygen atoms in total. The van der Waals surface area contributed by atoms with Crippen LogP contribution in [0.15, 0.2) is 47.4 Å². The van der Waals surface area contributed by atoms with Crippen molar-refractivity contribution in [2.45, 2.75) is 4.90 Å². The van der Waals surface area contributed by atoms with Gasteiger partial charge in [-0.3, -0.25) is 10.1 Å². The van der Waals surface area contributed by atoms with E-state index in [4.69, 9.17) is 11.6 Å². The van der Waals surface area contributed by atoms with E-state index in [0.717, 1.165) is 0 Å². The van der Waals surface area contributed by atoms with Gasteiger partial charge in [-0.25, -0.2) is 4.79 Å². The number of nitrogens with zero attached hydrogens (tertiary/aromatic N) is 1. The number of carbonyl (C=O) groups is 1. The molecule has 0 bridgehead atoms. The molecule has 2 aromatic carbocycles. The zero-order valence-electron chi connectivity index (χ0n) is 10.5. The highest BCUT2D eigenvalue weighted by atomic mass is 35.5. The maximum Gasteiger partial charge on any atom is 0.323 e. The first-order valence-electron chi connectivity index (χ1n) is 5.77. The molecule has 0 saturated heterocycles. The lowest BCUT2D eigenvalue weighted by atomic mass is 10.3. The Bertz CT molecular complexity index is 709. The van der Waals surface area contributed by atoms with E-state index >= 15 is 0 Å². The molecule has 0 spiro atoms. The van der Waals surface area contributed by atoms with Gasteiger partial charge in [-0.1, -0.05) is 23.7 Å². The summed E-state index contributed by atoms with van der Waals surface area (Å²) in [7, 11) is 0. The Labute approximate surface area is 130 Å². The molecule has 8 heteroatoms. The topological polar surface area (TPSA) is 84.3 Å². The summed E-state index contributed by atoms with van der Waals surface area (Å²) in [6.07, 6.45) is 0. The number of hydrogen-bond acceptors (Lipinski definition) is 4. The molecule has 0 radical (unpaired) electrons. The zero-order chi connectivity index (χ0) is 15.4. The average molecular weight is 324 g/mol. The van der Waals surface area contributed by atoms with E-state index in [1.54, 1.807) is 24.3 Å². The summed E-state index contributed by atoms with van der Waals surface area (Å²) >= 11 is 9.90. The Morgan fingerprint density at radius 1 is 1.19 bits per heavy atom. The van der Waals surface area contributed by atoms with Crippen molar-refractivity contribution in [3.05, 3.63) is 57.6 Å². The lowest BCUT2D eigenvalue weighted by molar-refractivity contribution is -0.384. The Morgan fingerprint density at radius 3 is 2.57 bits per heavy atom. The molecular weight excluding hydrogens is 314 g/mol. The SMILES string of the molecule is O=C(Nc1ccc(Cl)c([N+](=O)[O-])c1)Nc1ccccc1S. The van der Waals surface area contributed by atoms with Crippen molar-refractivity contribution in [2.75, 3.05) is 10.6 Å². The van der Waals surface area contributed by atoms with E-state index in [-0.39, 0.29) is 16.4 Å². The lowest BCUT2D eigenvalue weighted by Crippen LogP contribution is -2.19. The van der Waals surface area contributed by atoms with Gasteiger partial charge < -0.3 is 10.6 Å². The molecule has 21 heavy (non-hydrogen) atoms. The molecule has 0 unspecified atom stereocenters. The molecule has 0 aliphatic heterocycles. The van der Waals surface area contributed by atoms with Crippen molar-refractivity contribution in [3.8, 4) is 0 Å². The number of urea groups is 1. The van der Waals surface area contributed by atoms with E-state index < -0.39 is 11.0 Å². The Morgan fingerprint density at radius 2 is 1.90 bits per heavy atom. The predicted octanol–water partition coefficient (Wildman–Crippen LogP) is 4.18. The summed E-state index contributed by atoms with van der Waals surface area (Å²) < 4.78 is 0. The monoisotopic (exact) mass is 323 g/mol. The fourth-order valence-electron chi connectivity index (χ4n) is 1.59. The van der Waals surface area contributed by atoms with E-state index in [1.165, 1.54) is 18.2 Å². The number of anilines is 2. The van der Waals surface area contributed by atoms with Crippen LogP contribution in [0.1, 0.15) is 0 Å². The molecule has 2 aromatic rings. The second-order valence-corrected chi connectivity index (χ2v) is 4.91. The first kappa shape index (κ1) is 15.1. The number of nitro groups is 1. The number of amides is 2. The van der Waals surface area contributed by atoms with Gasteiger partial charge in [-0.15, -0.1) is 12.6 Å². The number of nitrogens with one attached hydrogen (secondary N) is 2. The lowest BCUT2D eigenvalue weighted by Gasteiger charge is -2.09. The molecule has 0 saturated carbocycles. The summed E-state index contributed by atoms with van der Waals surface area (Å²) in [4.78, 5) is 22.6. The Hall–Kier alpha value is -2.25. The molecule has 0 aromatic heterocycles. The minimum atomic E-state index is -0.617. The van der Waals surface area contributed by atoms with E-state index in [0.29, 0.717) is 10.6 Å². The number of carbonyl (C=O) groups excluding carboxylic acids is 1. The van der Waals surface area contributed by atoms with Crippen molar-refractivity contribution >= 4 is 47.3 Å². The predicted molar refractivity (Wildman–Crippen MR) is 84.4 cm³/mol. The normalized spacial score (nSPS) is 10.0. The molecule has 2 amide bonds. The summed E-state index contributed by atoms with van der Waals surface area (Å²) in [5, 5.41) is 15.9. The molecular formula is C13H10ClN3O3S. The number of nitro benzene ring substituents is 1. The average Bonchev–Trinajstić information content (AvgIpc) is 2.43. The fraction of sp³-hybridized carbons (Fsp3) is 0. The third kappa shape index (κ3) is 3.87. The van der Waals surface area contributed by atoms with Crippen molar-refractivity contribution in [2.24, 2.45) is 0 Å². The molecule has 0 fully saturated rings. The molecule has 2 N–H and O–H groups in total. The Balaban J connectivity index is 2.12. The van der Waals surface area contributed by atoms with Crippen molar-refractivity contribution in [1.29, 1.82) is 0 Å². The van der Waals surface area contributed by atoms with Crippen molar-refractivity contribution in [1.82, 2.24) is 0 Å². The standard InChI is InChI=1S/C13H10ClN3O3S/c14-9-6-5-8(7-11(9)17(19)20)15-13(18)16-10-3-1-2-4-12(10)21/h1-7,21H,(H2,15,16,18). The maximum absolute atomic E-state index is 11.8. The van der Waals surface area contributed by atoms with Crippen LogP contribution in [0.3, 0.4) is 0 Å². The Kier molecular flexibility index (Phi) is 4.66. The van der Waals surface area contributed by atoms with Gasteiger partial charge in [0, 0.05) is 16.6 Å². The van der Waals surface area contributed by atoms with Crippen molar-refractivity contribution in [3.63, 3.8) is 0 Å². The van der Waals surface area contributed by atoms with Crippen LogP contribution < -0.4 is 10.6 Å². The number of benzene rings is 2. The van der Waals surface area contributed by atoms with Gasteiger partial charge in [-0.2, -0.15) is 0 Å². The van der Waals surface area contributed by atoms with Gasteiger partial charge in [0.25, 0.3) is 5.69 Å². The van der Waals surface area contributed by atoms with Crippen LogP contribution in [-0.2, 0) is 0 Å². The van der Waals surface area contributed by atoms with Gasteiger partial charge in [0.15, 0.2) is 0 Å². The maximum atomic E-state index is 11.8. The number of thiol groups is 1.